The van der Waals surface area contributed by atoms with Crippen molar-refractivity contribution in [1.82, 2.24) is 14.8 Å². The second-order valence-electron chi connectivity index (χ2n) is 7.18. The van der Waals surface area contributed by atoms with Crippen LogP contribution >= 0.6 is 23.4 Å². The third kappa shape index (κ3) is 7.24. The summed E-state index contributed by atoms with van der Waals surface area (Å²) in [6.07, 6.45) is 4.33. The lowest BCUT2D eigenvalue weighted by Crippen LogP contribution is -2.15. The molecule has 170 valence electrons. The SMILES string of the molecule is CCCCCCn1c(COc2ccccc2F)nnc1SCC(=O)Nc1cccc(Cl)c1. The Hall–Kier alpha value is -2.58. The largest absolute Gasteiger partial charge is 0.483 e. The molecule has 0 atom stereocenters. The summed E-state index contributed by atoms with van der Waals surface area (Å²) in [7, 11) is 0. The van der Waals surface area contributed by atoms with Crippen LogP contribution in [0.5, 0.6) is 5.75 Å². The maximum absolute atomic E-state index is 13.9. The molecule has 3 rings (SSSR count). The molecular formula is C23H26ClFN4O2S. The van der Waals surface area contributed by atoms with Gasteiger partial charge in [-0.05, 0) is 36.8 Å². The fraction of sp³-hybridized carbons (Fsp3) is 0.348. The van der Waals surface area contributed by atoms with E-state index in [1.165, 1.54) is 17.8 Å². The standard InChI is InChI=1S/C23H26ClFN4O2S/c1-2-3-4-7-13-29-21(15-31-20-12-6-5-11-19(20)25)27-28-23(29)32-16-22(30)26-18-10-8-9-17(24)14-18/h5-6,8-12,14H,2-4,7,13,15-16H2,1H3,(H,26,30). The summed E-state index contributed by atoms with van der Waals surface area (Å²) in [5.41, 5.74) is 0.642. The maximum atomic E-state index is 13.9. The van der Waals surface area contributed by atoms with E-state index < -0.39 is 5.82 Å². The number of ether oxygens (including phenoxy) is 1. The number of halogens is 2. The Balaban J connectivity index is 1.64. The normalized spacial score (nSPS) is 10.8. The molecule has 3 aromatic rings. The van der Waals surface area contributed by atoms with Crippen LogP contribution < -0.4 is 10.1 Å². The van der Waals surface area contributed by atoms with Crippen LogP contribution in [0.4, 0.5) is 10.1 Å². The minimum atomic E-state index is -0.422. The first-order valence-electron chi connectivity index (χ1n) is 10.5. The van der Waals surface area contributed by atoms with Crippen LogP contribution in [0.15, 0.2) is 53.7 Å². The smallest absolute Gasteiger partial charge is 0.234 e. The first-order chi connectivity index (χ1) is 15.6. The molecule has 2 aromatic carbocycles. The van der Waals surface area contributed by atoms with E-state index in [0.717, 1.165) is 25.7 Å². The highest BCUT2D eigenvalue weighted by molar-refractivity contribution is 7.99. The first-order valence-corrected chi connectivity index (χ1v) is 11.9. The van der Waals surface area contributed by atoms with E-state index in [-0.39, 0.29) is 24.0 Å². The molecule has 0 spiro atoms. The Morgan fingerprint density at radius 3 is 2.78 bits per heavy atom. The molecule has 6 nitrogen and oxygen atoms in total. The van der Waals surface area contributed by atoms with Crippen molar-refractivity contribution >= 4 is 35.0 Å². The van der Waals surface area contributed by atoms with E-state index in [9.17, 15) is 9.18 Å². The van der Waals surface area contributed by atoms with Gasteiger partial charge in [-0.2, -0.15) is 0 Å². The highest BCUT2D eigenvalue weighted by Gasteiger charge is 2.15. The van der Waals surface area contributed by atoms with Crippen molar-refractivity contribution in [2.45, 2.75) is 50.9 Å². The summed E-state index contributed by atoms with van der Waals surface area (Å²) in [5, 5.41) is 12.5. The van der Waals surface area contributed by atoms with Crippen LogP contribution in [-0.4, -0.2) is 26.4 Å². The Kier molecular flexibility index (Phi) is 9.37. The average molecular weight is 477 g/mol. The zero-order valence-electron chi connectivity index (χ0n) is 17.9. The molecule has 1 N–H and O–H groups in total. The van der Waals surface area contributed by atoms with Crippen molar-refractivity contribution in [3.05, 3.63) is 65.2 Å². The van der Waals surface area contributed by atoms with Crippen molar-refractivity contribution < 1.29 is 13.9 Å². The summed E-state index contributed by atoms with van der Waals surface area (Å²) in [6.45, 7) is 2.96. The number of benzene rings is 2. The van der Waals surface area contributed by atoms with Gasteiger partial charge in [0.15, 0.2) is 22.5 Å². The lowest BCUT2D eigenvalue weighted by Gasteiger charge is -2.11. The second kappa shape index (κ2) is 12.5. The number of unbranched alkanes of at least 4 members (excludes halogenated alkanes) is 3. The number of nitrogens with zero attached hydrogens (tertiary/aromatic N) is 3. The monoisotopic (exact) mass is 476 g/mol. The van der Waals surface area contributed by atoms with Gasteiger partial charge in [-0.25, -0.2) is 4.39 Å². The third-order valence-electron chi connectivity index (χ3n) is 4.66. The van der Waals surface area contributed by atoms with Crippen molar-refractivity contribution in [2.24, 2.45) is 0 Å². The number of amides is 1. The molecule has 0 radical (unpaired) electrons. The lowest BCUT2D eigenvalue weighted by molar-refractivity contribution is -0.113. The van der Waals surface area contributed by atoms with E-state index >= 15 is 0 Å². The van der Waals surface area contributed by atoms with Crippen molar-refractivity contribution in [2.75, 3.05) is 11.1 Å². The average Bonchev–Trinajstić information content (AvgIpc) is 3.16. The Morgan fingerprint density at radius 2 is 2.00 bits per heavy atom. The summed E-state index contributed by atoms with van der Waals surface area (Å²) in [4.78, 5) is 12.4. The topological polar surface area (TPSA) is 69.0 Å². The molecule has 1 amide bonds. The van der Waals surface area contributed by atoms with E-state index in [0.29, 0.717) is 28.2 Å². The number of para-hydroxylation sites is 1. The molecule has 0 aliphatic rings. The van der Waals surface area contributed by atoms with Gasteiger partial charge in [0, 0.05) is 17.3 Å². The minimum absolute atomic E-state index is 0.0942. The number of rotatable bonds is 12. The highest BCUT2D eigenvalue weighted by atomic mass is 35.5. The van der Waals surface area contributed by atoms with E-state index in [2.05, 4.69) is 22.4 Å². The van der Waals surface area contributed by atoms with Crippen molar-refractivity contribution in [1.29, 1.82) is 0 Å². The number of hydrogen-bond donors (Lipinski definition) is 1. The van der Waals surface area contributed by atoms with Gasteiger partial charge in [0.2, 0.25) is 5.91 Å². The number of thioether (sulfide) groups is 1. The van der Waals surface area contributed by atoms with Gasteiger partial charge >= 0.3 is 0 Å². The highest BCUT2D eigenvalue weighted by Crippen LogP contribution is 2.22. The Morgan fingerprint density at radius 1 is 1.16 bits per heavy atom. The lowest BCUT2D eigenvalue weighted by atomic mass is 10.2. The quantitative estimate of drug-likeness (QED) is 0.258. The van der Waals surface area contributed by atoms with E-state index in [1.807, 2.05) is 4.57 Å². The number of anilines is 1. The number of carbonyl (C=O) groups is 1. The second-order valence-corrected chi connectivity index (χ2v) is 8.56. The molecule has 0 saturated heterocycles. The molecule has 9 heteroatoms. The summed E-state index contributed by atoms with van der Waals surface area (Å²) < 4.78 is 21.4. The Labute approximate surface area is 196 Å². The predicted octanol–water partition coefficient (Wildman–Crippen LogP) is 5.96. The zero-order valence-corrected chi connectivity index (χ0v) is 19.5. The molecule has 0 fully saturated rings. The fourth-order valence-electron chi connectivity index (χ4n) is 3.05. The zero-order chi connectivity index (χ0) is 22.8. The molecule has 32 heavy (non-hydrogen) atoms. The van der Waals surface area contributed by atoms with Gasteiger partial charge < -0.3 is 14.6 Å². The molecule has 0 saturated carbocycles. The van der Waals surface area contributed by atoms with Gasteiger partial charge in [0.1, 0.15) is 6.61 Å². The van der Waals surface area contributed by atoms with Crippen LogP contribution in [0.2, 0.25) is 5.02 Å². The molecule has 0 unspecified atom stereocenters. The minimum Gasteiger partial charge on any atom is -0.483 e. The van der Waals surface area contributed by atoms with Crippen molar-refractivity contribution in [3.8, 4) is 5.75 Å². The van der Waals surface area contributed by atoms with Gasteiger partial charge in [-0.3, -0.25) is 4.79 Å². The summed E-state index contributed by atoms with van der Waals surface area (Å²) in [5.74, 6) is 0.356. The molecule has 0 bridgehead atoms. The maximum Gasteiger partial charge on any atom is 0.234 e. The van der Waals surface area contributed by atoms with Crippen LogP contribution in [0.3, 0.4) is 0 Å². The fourth-order valence-corrected chi connectivity index (χ4v) is 4.03. The van der Waals surface area contributed by atoms with Crippen LogP contribution in [0.1, 0.15) is 38.4 Å². The summed E-state index contributed by atoms with van der Waals surface area (Å²) >= 11 is 7.27. The molecule has 1 heterocycles. The van der Waals surface area contributed by atoms with E-state index in [4.69, 9.17) is 16.3 Å². The van der Waals surface area contributed by atoms with Gasteiger partial charge in [0.25, 0.3) is 0 Å². The van der Waals surface area contributed by atoms with Crippen LogP contribution in [0, 0.1) is 5.82 Å². The number of hydrogen-bond acceptors (Lipinski definition) is 5. The molecule has 0 aliphatic carbocycles. The van der Waals surface area contributed by atoms with Gasteiger partial charge in [-0.1, -0.05) is 67.7 Å². The van der Waals surface area contributed by atoms with Gasteiger partial charge in [0.05, 0.1) is 5.75 Å². The Bertz CT molecular complexity index is 1030. The number of nitrogens with one attached hydrogen (secondary N) is 1. The number of carbonyl (C=O) groups excluding carboxylic acids is 1. The molecule has 0 aliphatic heterocycles. The van der Waals surface area contributed by atoms with Crippen molar-refractivity contribution in [3.63, 3.8) is 0 Å². The summed E-state index contributed by atoms with van der Waals surface area (Å²) in [6, 6.07) is 13.3. The van der Waals surface area contributed by atoms with Crippen LogP contribution in [0.25, 0.3) is 0 Å². The number of aromatic nitrogens is 3. The molecule has 1 aromatic heterocycles. The predicted molar refractivity (Wildman–Crippen MR) is 126 cm³/mol. The molecular weight excluding hydrogens is 451 g/mol. The first kappa shape index (κ1) is 24.1. The van der Waals surface area contributed by atoms with Crippen LogP contribution in [-0.2, 0) is 17.9 Å². The van der Waals surface area contributed by atoms with Gasteiger partial charge in [-0.15, -0.1) is 10.2 Å². The third-order valence-corrected chi connectivity index (χ3v) is 5.86. The van der Waals surface area contributed by atoms with E-state index in [1.54, 1.807) is 42.5 Å².